The zero-order valence-corrected chi connectivity index (χ0v) is 22.8. The molecular weight excluding hydrogens is 505 g/mol. The molecule has 2 aromatic carbocycles. The lowest BCUT2D eigenvalue weighted by Gasteiger charge is -2.34. The second kappa shape index (κ2) is 9.31. The van der Waals surface area contributed by atoms with E-state index in [1.165, 1.54) is 18.4 Å². The fourth-order valence-electron chi connectivity index (χ4n) is 7.65. The molecule has 8 nitrogen and oxygen atoms in total. The Bertz CT molecular complexity index is 1600. The van der Waals surface area contributed by atoms with E-state index in [0.29, 0.717) is 49.1 Å². The zero-order valence-electron chi connectivity index (χ0n) is 22.8. The van der Waals surface area contributed by atoms with Crippen molar-refractivity contribution >= 4 is 27.6 Å². The lowest BCUT2D eigenvalue weighted by atomic mass is 9.95. The molecule has 0 radical (unpaired) electrons. The molecule has 4 aliphatic heterocycles. The van der Waals surface area contributed by atoms with Gasteiger partial charge in [0.25, 0.3) is 0 Å². The summed E-state index contributed by atoms with van der Waals surface area (Å²) in [6, 6.07) is 13.8. The van der Waals surface area contributed by atoms with Crippen molar-refractivity contribution in [2.24, 2.45) is 0 Å². The summed E-state index contributed by atoms with van der Waals surface area (Å²) in [6.45, 7) is 5.71. The number of fused-ring (bicyclic) bond motifs is 5. The van der Waals surface area contributed by atoms with Crippen molar-refractivity contribution in [2.45, 2.75) is 62.8 Å². The number of rotatable bonds is 5. The molecule has 206 valence electrons. The second-order valence-electron chi connectivity index (χ2n) is 12.1. The Morgan fingerprint density at radius 2 is 1.88 bits per heavy atom. The highest BCUT2D eigenvalue weighted by Crippen LogP contribution is 2.40. The van der Waals surface area contributed by atoms with Gasteiger partial charge in [0.15, 0.2) is 11.5 Å². The van der Waals surface area contributed by atoms with Crippen LogP contribution < -0.4 is 15.0 Å². The molecule has 0 amide bonds. The fourth-order valence-corrected chi connectivity index (χ4v) is 7.65. The summed E-state index contributed by atoms with van der Waals surface area (Å²) >= 11 is 0. The largest absolute Gasteiger partial charge is 0.461 e. The maximum absolute atomic E-state index is 14.4. The second-order valence-corrected chi connectivity index (χ2v) is 12.1. The first-order chi connectivity index (χ1) is 19.5. The summed E-state index contributed by atoms with van der Waals surface area (Å²) in [7, 11) is 0. The minimum Gasteiger partial charge on any atom is -0.461 e. The number of alkyl halides is 1. The van der Waals surface area contributed by atoms with Crippen LogP contribution in [0.5, 0.6) is 6.01 Å². The average molecular weight is 540 g/mol. The highest BCUT2D eigenvalue weighted by molar-refractivity contribution is 5.98. The molecule has 2 unspecified atom stereocenters. The smallest absolute Gasteiger partial charge is 0.320 e. The van der Waals surface area contributed by atoms with E-state index in [4.69, 9.17) is 24.7 Å². The van der Waals surface area contributed by atoms with E-state index in [-0.39, 0.29) is 5.54 Å². The summed E-state index contributed by atoms with van der Waals surface area (Å²) in [5.74, 6) is 1.47. The third kappa shape index (κ3) is 4.01. The molecule has 6 heterocycles. The normalized spacial score (nSPS) is 28.1. The minimum absolute atomic E-state index is 0.261. The molecule has 2 aromatic heterocycles. The van der Waals surface area contributed by atoms with Crippen LogP contribution in [-0.2, 0) is 0 Å². The van der Waals surface area contributed by atoms with E-state index in [0.717, 1.165) is 60.0 Å². The van der Waals surface area contributed by atoms with E-state index in [1.54, 1.807) is 0 Å². The Kier molecular flexibility index (Phi) is 5.67. The van der Waals surface area contributed by atoms with Gasteiger partial charge in [0.1, 0.15) is 18.6 Å². The molecule has 1 N–H and O–H groups in total. The quantitative estimate of drug-likeness (QED) is 0.399. The molecule has 0 aliphatic carbocycles. The number of piperazine rings is 1. The summed E-state index contributed by atoms with van der Waals surface area (Å²) in [4.78, 5) is 24.2. The van der Waals surface area contributed by atoms with Gasteiger partial charge in [-0.05, 0) is 55.5 Å². The van der Waals surface area contributed by atoms with Crippen molar-refractivity contribution in [3.05, 3.63) is 48.2 Å². The summed E-state index contributed by atoms with van der Waals surface area (Å²) in [5, 5.41) is 6.85. The highest BCUT2D eigenvalue weighted by Gasteiger charge is 2.49. The number of aryl methyl sites for hydroxylation is 1. The predicted molar refractivity (Wildman–Crippen MR) is 154 cm³/mol. The van der Waals surface area contributed by atoms with Crippen molar-refractivity contribution in [2.75, 3.05) is 37.7 Å². The molecule has 9 heteroatoms. The third-order valence-corrected chi connectivity index (χ3v) is 9.51. The Labute approximate surface area is 233 Å². The van der Waals surface area contributed by atoms with Gasteiger partial charge in [0.2, 0.25) is 0 Å². The molecule has 4 aliphatic rings. The molecule has 40 heavy (non-hydrogen) atoms. The van der Waals surface area contributed by atoms with Gasteiger partial charge in [-0.1, -0.05) is 36.4 Å². The van der Waals surface area contributed by atoms with Gasteiger partial charge >= 0.3 is 6.01 Å². The minimum atomic E-state index is -0.798. The van der Waals surface area contributed by atoms with E-state index < -0.39 is 6.17 Å². The Morgan fingerprint density at radius 3 is 2.73 bits per heavy atom. The van der Waals surface area contributed by atoms with Gasteiger partial charge in [-0.25, -0.2) is 14.4 Å². The van der Waals surface area contributed by atoms with E-state index >= 15 is 0 Å². The highest BCUT2D eigenvalue weighted by atomic mass is 19.1. The van der Waals surface area contributed by atoms with Gasteiger partial charge in [0, 0.05) is 49.9 Å². The molecule has 4 atom stereocenters. The van der Waals surface area contributed by atoms with Crippen LogP contribution in [0.3, 0.4) is 0 Å². The van der Waals surface area contributed by atoms with Crippen molar-refractivity contribution < 1.29 is 9.13 Å². The number of hydrogen-bond acceptors (Lipinski definition) is 8. The SMILES string of the molecule is Cc1cccc2cccc(-c3ncc4c(N5CC6CCC(C5)N6)nc(OC[C@@]56CCCN5C[C@H](F)C6)nc4n3)c12. The van der Waals surface area contributed by atoms with Crippen molar-refractivity contribution in [3.63, 3.8) is 0 Å². The van der Waals surface area contributed by atoms with Crippen LogP contribution in [0, 0.1) is 6.92 Å². The van der Waals surface area contributed by atoms with Crippen molar-refractivity contribution in [1.82, 2.24) is 30.2 Å². The number of hydrogen-bond donors (Lipinski definition) is 1. The molecule has 4 aromatic rings. The predicted octanol–water partition coefficient (Wildman–Crippen LogP) is 4.44. The molecule has 8 rings (SSSR count). The number of anilines is 1. The molecule has 2 bridgehead atoms. The molecule has 0 saturated carbocycles. The third-order valence-electron chi connectivity index (χ3n) is 9.51. The topological polar surface area (TPSA) is 79.3 Å². The first-order valence-electron chi connectivity index (χ1n) is 14.6. The maximum Gasteiger partial charge on any atom is 0.320 e. The monoisotopic (exact) mass is 539 g/mol. The van der Waals surface area contributed by atoms with Crippen LogP contribution in [0.4, 0.5) is 10.2 Å². The molecule has 4 saturated heterocycles. The summed E-state index contributed by atoms with van der Waals surface area (Å²) in [5.41, 5.74) is 2.49. The zero-order chi connectivity index (χ0) is 26.8. The number of nitrogens with one attached hydrogen (secondary N) is 1. The van der Waals surface area contributed by atoms with Crippen LogP contribution in [0.1, 0.15) is 37.7 Å². The van der Waals surface area contributed by atoms with Crippen molar-refractivity contribution in [3.8, 4) is 17.4 Å². The van der Waals surface area contributed by atoms with Gasteiger partial charge < -0.3 is 15.0 Å². The summed E-state index contributed by atoms with van der Waals surface area (Å²) in [6.07, 6.45) is 5.97. The van der Waals surface area contributed by atoms with Gasteiger partial charge in [-0.2, -0.15) is 9.97 Å². The Balaban J connectivity index is 1.21. The van der Waals surface area contributed by atoms with Crippen LogP contribution in [0.2, 0.25) is 0 Å². The number of ether oxygens (including phenoxy) is 1. The van der Waals surface area contributed by atoms with Crippen LogP contribution in [-0.4, -0.2) is 81.4 Å². The van der Waals surface area contributed by atoms with Gasteiger partial charge in [-0.3, -0.25) is 4.90 Å². The Hall–Kier alpha value is -3.43. The average Bonchev–Trinajstić information content (AvgIpc) is 3.61. The van der Waals surface area contributed by atoms with Gasteiger partial charge in [0.05, 0.1) is 10.9 Å². The number of benzene rings is 2. The lowest BCUT2D eigenvalue weighted by molar-refractivity contribution is 0.107. The first-order valence-corrected chi connectivity index (χ1v) is 14.6. The van der Waals surface area contributed by atoms with E-state index in [9.17, 15) is 4.39 Å². The van der Waals surface area contributed by atoms with Crippen LogP contribution in [0.25, 0.3) is 33.2 Å². The van der Waals surface area contributed by atoms with Crippen molar-refractivity contribution in [1.29, 1.82) is 0 Å². The first kappa shape index (κ1) is 24.4. The standard InChI is InChI=1S/C31H34FN7O/c1-19-5-2-6-20-7-3-8-24(26(19)20)27-33-14-25-28(35-27)36-30(37-29(25)38-16-22-9-10-23(17-38)34-22)40-18-31-11-4-12-39(31)15-21(32)13-31/h2-3,5-8,14,21-23,34H,4,9-13,15-18H2,1H3/t21-,22?,23?,31+/m1/s1. The van der Waals surface area contributed by atoms with Gasteiger partial charge in [-0.15, -0.1) is 0 Å². The van der Waals surface area contributed by atoms with Crippen LogP contribution >= 0.6 is 0 Å². The molecule has 0 spiro atoms. The van der Waals surface area contributed by atoms with Crippen LogP contribution in [0.15, 0.2) is 42.6 Å². The van der Waals surface area contributed by atoms with E-state index in [1.807, 2.05) is 12.3 Å². The summed E-state index contributed by atoms with van der Waals surface area (Å²) < 4.78 is 20.8. The lowest BCUT2D eigenvalue weighted by Crippen LogP contribution is -2.51. The number of halogens is 1. The fraction of sp³-hybridized carbons (Fsp3) is 0.484. The number of nitrogens with zero attached hydrogens (tertiary/aromatic N) is 6. The molecule has 4 fully saturated rings. The van der Waals surface area contributed by atoms with E-state index in [2.05, 4.69) is 52.4 Å². The maximum atomic E-state index is 14.4. The Morgan fingerprint density at radius 1 is 1.05 bits per heavy atom. The number of aromatic nitrogens is 4. The molecular formula is C31H34FN7O.